The second-order valence-electron chi connectivity index (χ2n) is 6.38. The Labute approximate surface area is 195 Å². The molecule has 3 aromatic rings. The van der Waals surface area contributed by atoms with Crippen molar-refractivity contribution < 1.29 is 4.79 Å². The van der Waals surface area contributed by atoms with Gasteiger partial charge in [0, 0.05) is 32.0 Å². The normalized spacial score (nSPS) is 11.4. The van der Waals surface area contributed by atoms with E-state index in [0.717, 1.165) is 16.3 Å². The Bertz CT molecular complexity index is 1030. The fraction of sp³-hybridized carbons (Fsp3) is 0.0909. The third-order valence-corrected chi connectivity index (χ3v) is 5.67. The maximum absolute atomic E-state index is 12.5. The second kappa shape index (κ2) is 10.7. The van der Waals surface area contributed by atoms with Gasteiger partial charge in [-0.2, -0.15) is 0 Å². The molecule has 0 heterocycles. The number of benzene rings is 3. The molecule has 0 spiro atoms. The standard InChI is InChI=1S/C22H19Cl2N3OS2/c1-14(21(28)25-19-11-15(23)10-16(24)12-19)30-20-9-5-8-18(13-20)27-22(29)26-17-6-3-2-4-7-17/h2-14H,1H3,(H,25,28)(H2,26,27,29). The van der Waals surface area contributed by atoms with E-state index in [1.165, 1.54) is 11.8 Å². The SMILES string of the molecule is CC(Sc1cccc(NC(=S)Nc2ccccc2)c1)C(=O)Nc1cc(Cl)cc(Cl)c1. The minimum Gasteiger partial charge on any atom is -0.332 e. The van der Waals surface area contributed by atoms with Crippen LogP contribution in [-0.4, -0.2) is 16.3 Å². The molecule has 0 aliphatic heterocycles. The fourth-order valence-electron chi connectivity index (χ4n) is 2.59. The molecule has 3 N–H and O–H groups in total. The van der Waals surface area contributed by atoms with Crippen LogP contribution in [0.2, 0.25) is 10.0 Å². The van der Waals surface area contributed by atoms with Gasteiger partial charge < -0.3 is 16.0 Å². The number of anilines is 3. The average molecular weight is 476 g/mol. The molecule has 0 aliphatic rings. The van der Waals surface area contributed by atoms with Crippen molar-refractivity contribution in [3.63, 3.8) is 0 Å². The van der Waals surface area contributed by atoms with Gasteiger partial charge in [-0.15, -0.1) is 11.8 Å². The van der Waals surface area contributed by atoms with Crippen molar-refractivity contribution in [2.75, 3.05) is 16.0 Å². The Morgan fingerprint density at radius 3 is 2.17 bits per heavy atom. The molecule has 1 amide bonds. The van der Waals surface area contributed by atoms with Gasteiger partial charge in [0.05, 0.1) is 5.25 Å². The first-order valence-electron chi connectivity index (χ1n) is 9.06. The highest BCUT2D eigenvalue weighted by Crippen LogP contribution is 2.28. The van der Waals surface area contributed by atoms with E-state index in [1.54, 1.807) is 18.2 Å². The molecule has 4 nitrogen and oxygen atoms in total. The largest absolute Gasteiger partial charge is 0.332 e. The van der Waals surface area contributed by atoms with Crippen LogP contribution in [0.15, 0.2) is 77.7 Å². The van der Waals surface area contributed by atoms with E-state index in [2.05, 4.69) is 16.0 Å². The molecule has 0 saturated heterocycles. The zero-order chi connectivity index (χ0) is 21.5. The number of para-hydroxylation sites is 1. The number of carbonyl (C=O) groups excluding carboxylic acids is 1. The minimum absolute atomic E-state index is 0.141. The lowest BCUT2D eigenvalue weighted by atomic mass is 10.3. The number of nitrogens with one attached hydrogen (secondary N) is 3. The molecule has 0 fully saturated rings. The third kappa shape index (κ3) is 6.92. The topological polar surface area (TPSA) is 53.2 Å². The smallest absolute Gasteiger partial charge is 0.237 e. The number of amides is 1. The van der Waals surface area contributed by atoms with E-state index in [9.17, 15) is 4.79 Å². The Morgan fingerprint density at radius 2 is 1.47 bits per heavy atom. The summed E-state index contributed by atoms with van der Waals surface area (Å²) in [5.74, 6) is -0.141. The molecular formula is C22H19Cl2N3OS2. The highest BCUT2D eigenvalue weighted by atomic mass is 35.5. The summed E-state index contributed by atoms with van der Waals surface area (Å²) in [7, 11) is 0. The van der Waals surface area contributed by atoms with E-state index in [1.807, 2.05) is 61.5 Å². The number of hydrogen-bond donors (Lipinski definition) is 3. The van der Waals surface area contributed by atoms with Gasteiger partial charge in [0.1, 0.15) is 0 Å². The summed E-state index contributed by atoms with van der Waals surface area (Å²) in [5.41, 5.74) is 2.31. The Balaban J connectivity index is 1.58. The molecule has 8 heteroatoms. The zero-order valence-electron chi connectivity index (χ0n) is 16.0. The summed E-state index contributed by atoms with van der Waals surface area (Å²) < 4.78 is 0. The molecule has 0 aliphatic carbocycles. The van der Waals surface area contributed by atoms with Crippen molar-refractivity contribution >= 4 is 75.3 Å². The number of thioether (sulfide) groups is 1. The van der Waals surface area contributed by atoms with Crippen LogP contribution in [0, 0.1) is 0 Å². The zero-order valence-corrected chi connectivity index (χ0v) is 19.1. The van der Waals surface area contributed by atoms with E-state index in [-0.39, 0.29) is 11.2 Å². The van der Waals surface area contributed by atoms with Gasteiger partial charge >= 0.3 is 0 Å². The van der Waals surface area contributed by atoms with Gasteiger partial charge in [0.15, 0.2) is 5.11 Å². The highest BCUT2D eigenvalue weighted by molar-refractivity contribution is 8.00. The number of halogens is 2. The van der Waals surface area contributed by atoms with Crippen LogP contribution in [0.3, 0.4) is 0 Å². The summed E-state index contributed by atoms with van der Waals surface area (Å²) in [5, 5.41) is 10.2. The van der Waals surface area contributed by atoms with Gasteiger partial charge in [-0.05, 0) is 67.7 Å². The van der Waals surface area contributed by atoms with Crippen molar-refractivity contribution in [1.82, 2.24) is 0 Å². The number of thiocarbonyl (C=S) groups is 1. The maximum Gasteiger partial charge on any atom is 0.237 e. The second-order valence-corrected chi connectivity index (χ2v) is 9.08. The Hall–Kier alpha value is -2.25. The summed E-state index contributed by atoms with van der Waals surface area (Å²) in [6.45, 7) is 1.84. The first-order valence-corrected chi connectivity index (χ1v) is 11.1. The van der Waals surface area contributed by atoms with Gasteiger partial charge in [-0.25, -0.2) is 0 Å². The van der Waals surface area contributed by atoms with Gasteiger partial charge in [0.25, 0.3) is 0 Å². The predicted molar refractivity (Wildman–Crippen MR) is 133 cm³/mol. The highest BCUT2D eigenvalue weighted by Gasteiger charge is 2.15. The molecule has 3 rings (SSSR count). The van der Waals surface area contributed by atoms with Gasteiger partial charge in [-0.3, -0.25) is 4.79 Å². The monoisotopic (exact) mass is 475 g/mol. The molecule has 0 bridgehead atoms. The minimum atomic E-state index is -0.326. The fourth-order valence-corrected chi connectivity index (χ4v) is 4.28. The predicted octanol–water partition coefficient (Wildman–Crippen LogP) is 6.92. The van der Waals surface area contributed by atoms with Crippen molar-refractivity contribution in [2.24, 2.45) is 0 Å². The average Bonchev–Trinajstić information content (AvgIpc) is 2.68. The first-order chi connectivity index (χ1) is 14.4. The molecule has 3 aromatic carbocycles. The molecule has 0 saturated carbocycles. The Kier molecular flexibility index (Phi) is 7.99. The van der Waals surface area contributed by atoms with Crippen LogP contribution in [0.1, 0.15) is 6.92 Å². The number of carbonyl (C=O) groups is 1. The molecule has 154 valence electrons. The third-order valence-electron chi connectivity index (χ3n) is 3.94. The summed E-state index contributed by atoms with van der Waals surface area (Å²) in [4.78, 5) is 13.5. The van der Waals surface area contributed by atoms with E-state index >= 15 is 0 Å². The first kappa shape index (κ1) is 22.4. The van der Waals surface area contributed by atoms with Crippen molar-refractivity contribution in [3.05, 3.63) is 82.8 Å². The van der Waals surface area contributed by atoms with Gasteiger partial charge in [-0.1, -0.05) is 47.5 Å². The molecule has 1 atom stereocenters. The molecular weight excluding hydrogens is 457 g/mol. The van der Waals surface area contributed by atoms with Crippen LogP contribution >= 0.6 is 47.2 Å². The van der Waals surface area contributed by atoms with Crippen molar-refractivity contribution in [3.8, 4) is 0 Å². The molecule has 0 aromatic heterocycles. The van der Waals surface area contributed by atoms with Crippen LogP contribution < -0.4 is 16.0 Å². The molecule has 0 radical (unpaired) electrons. The van der Waals surface area contributed by atoms with Crippen LogP contribution in [0.4, 0.5) is 17.1 Å². The van der Waals surface area contributed by atoms with Crippen LogP contribution in [0.25, 0.3) is 0 Å². The van der Waals surface area contributed by atoms with Crippen molar-refractivity contribution in [2.45, 2.75) is 17.1 Å². The lowest BCUT2D eigenvalue weighted by molar-refractivity contribution is -0.115. The summed E-state index contributed by atoms with van der Waals surface area (Å²) in [6, 6.07) is 22.4. The lowest BCUT2D eigenvalue weighted by Crippen LogP contribution is -2.22. The molecule has 1 unspecified atom stereocenters. The van der Waals surface area contributed by atoms with Crippen LogP contribution in [-0.2, 0) is 4.79 Å². The Morgan fingerprint density at radius 1 is 0.833 bits per heavy atom. The van der Waals surface area contributed by atoms with Crippen molar-refractivity contribution in [1.29, 1.82) is 0 Å². The summed E-state index contributed by atoms with van der Waals surface area (Å²) in [6.07, 6.45) is 0. The quantitative estimate of drug-likeness (QED) is 0.266. The lowest BCUT2D eigenvalue weighted by Gasteiger charge is -2.14. The van der Waals surface area contributed by atoms with E-state index in [0.29, 0.717) is 20.8 Å². The number of hydrogen-bond acceptors (Lipinski definition) is 3. The molecule has 30 heavy (non-hydrogen) atoms. The number of rotatable bonds is 6. The summed E-state index contributed by atoms with van der Waals surface area (Å²) >= 11 is 18.8. The maximum atomic E-state index is 12.5. The van der Waals surface area contributed by atoms with Gasteiger partial charge in [0.2, 0.25) is 5.91 Å². The van der Waals surface area contributed by atoms with E-state index in [4.69, 9.17) is 35.4 Å². The van der Waals surface area contributed by atoms with Crippen LogP contribution in [0.5, 0.6) is 0 Å². The van der Waals surface area contributed by atoms with E-state index < -0.39 is 0 Å².